The second-order valence-corrected chi connectivity index (χ2v) is 4.57. The van der Waals surface area contributed by atoms with Crippen molar-refractivity contribution in [3.63, 3.8) is 0 Å². The van der Waals surface area contributed by atoms with E-state index in [0.717, 1.165) is 6.42 Å². The first-order valence-electron chi connectivity index (χ1n) is 6.14. The number of halogens is 1. The summed E-state index contributed by atoms with van der Waals surface area (Å²) < 4.78 is 18.1. The zero-order valence-corrected chi connectivity index (χ0v) is 11.1. The lowest BCUT2D eigenvalue weighted by molar-refractivity contribution is -0.133. The average Bonchev–Trinajstić information content (AvgIpc) is 2.35. The van der Waals surface area contributed by atoms with Crippen LogP contribution in [0.25, 0.3) is 0 Å². The number of hydrogen-bond donors (Lipinski definition) is 0. The molecule has 1 aromatic rings. The van der Waals surface area contributed by atoms with Gasteiger partial charge in [0, 0.05) is 19.5 Å². The van der Waals surface area contributed by atoms with Gasteiger partial charge < -0.3 is 9.64 Å². The Hall–Kier alpha value is -1.58. The minimum absolute atomic E-state index is 0.0213. The van der Waals surface area contributed by atoms with Gasteiger partial charge in [-0.3, -0.25) is 4.79 Å². The molecule has 18 heavy (non-hydrogen) atoms. The van der Waals surface area contributed by atoms with Gasteiger partial charge >= 0.3 is 0 Å². The molecule has 0 spiro atoms. The third-order valence-electron chi connectivity index (χ3n) is 2.59. The summed E-state index contributed by atoms with van der Waals surface area (Å²) in [7, 11) is 1.79. The van der Waals surface area contributed by atoms with Crippen molar-refractivity contribution in [1.29, 1.82) is 0 Å². The highest BCUT2D eigenvalue weighted by Gasteiger charge is 2.11. The number of benzene rings is 1. The van der Waals surface area contributed by atoms with E-state index in [1.165, 1.54) is 12.1 Å². The van der Waals surface area contributed by atoms with E-state index in [4.69, 9.17) is 4.74 Å². The van der Waals surface area contributed by atoms with Crippen molar-refractivity contribution >= 4 is 5.91 Å². The summed E-state index contributed by atoms with van der Waals surface area (Å²) >= 11 is 0. The molecule has 0 aromatic heterocycles. The lowest BCUT2D eigenvalue weighted by Gasteiger charge is -2.19. The molecule has 1 amide bonds. The quantitative estimate of drug-likeness (QED) is 0.729. The van der Waals surface area contributed by atoms with Crippen LogP contribution >= 0.6 is 0 Å². The third kappa shape index (κ3) is 4.73. The predicted molar refractivity (Wildman–Crippen MR) is 69.0 cm³/mol. The molecule has 100 valence electrons. The molecule has 1 aromatic carbocycles. The van der Waals surface area contributed by atoms with Crippen molar-refractivity contribution in [2.75, 3.05) is 20.2 Å². The van der Waals surface area contributed by atoms with Crippen LogP contribution in [-0.4, -0.2) is 31.0 Å². The fraction of sp³-hybridized carbons (Fsp3) is 0.500. The van der Waals surface area contributed by atoms with Gasteiger partial charge in [-0.15, -0.1) is 0 Å². The van der Waals surface area contributed by atoms with E-state index >= 15 is 0 Å². The van der Waals surface area contributed by atoms with E-state index in [0.29, 0.717) is 18.9 Å². The Balaban J connectivity index is 2.22. The normalized spacial score (nSPS) is 10.5. The number of carbonyl (C=O) groups excluding carboxylic acids is 1. The van der Waals surface area contributed by atoms with Crippen LogP contribution in [0.15, 0.2) is 24.3 Å². The van der Waals surface area contributed by atoms with Gasteiger partial charge in [0.15, 0.2) is 0 Å². The Labute approximate surface area is 108 Å². The molecule has 0 unspecified atom stereocenters. The van der Waals surface area contributed by atoms with E-state index < -0.39 is 0 Å². The standard InChI is InChI=1S/C14H20FNO2/c1-11(2)14(17)16(3)9-4-10-18-13-7-5-12(15)6-8-13/h5-8,11H,4,9-10H2,1-3H3. The fourth-order valence-corrected chi connectivity index (χ4v) is 1.57. The molecule has 0 aliphatic rings. The molecule has 0 N–H and O–H groups in total. The van der Waals surface area contributed by atoms with Gasteiger partial charge in [0.05, 0.1) is 6.61 Å². The van der Waals surface area contributed by atoms with Crippen LogP contribution in [0.2, 0.25) is 0 Å². The average molecular weight is 253 g/mol. The number of nitrogens with zero attached hydrogens (tertiary/aromatic N) is 1. The van der Waals surface area contributed by atoms with Gasteiger partial charge in [0.2, 0.25) is 5.91 Å². The predicted octanol–water partition coefficient (Wildman–Crippen LogP) is 2.71. The number of hydrogen-bond acceptors (Lipinski definition) is 2. The first kappa shape index (κ1) is 14.5. The molecule has 0 aliphatic heterocycles. The number of rotatable bonds is 6. The molecule has 0 saturated heterocycles. The summed E-state index contributed by atoms with van der Waals surface area (Å²) in [6.45, 7) is 4.95. The molecule has 0 atom stereocenters. The topological polar surface area (TPSA) is 29.5 Å². The van der Waals surface area contributed by atoms with Crippen molar-refractivity contribution in [1.82, 2.24) is 4.90 Å². The molecule has 1 rings (SSSR count). The number of amides is 1. The largest absolute Gasteiger partial charge is 0.494 e. The Kier molecular flexibility index (Phi) is 5.62. The summed E-state index contributed by atoms with van der Waals surface area (Å²) in [6, 6.07) is 5.92. The Bertz CT molecular complexity index is 376. The smallest absolute Gasteiger partial charge is 0.224 e. The summed E-state index contributed by atoms with van der Waals surface area (Å²) in [5.74, 6) is 0.531. The summed E-state index contributed by atoms with van der Waals surface area (Å²) in [5.41, 5.74) is 0. The van der Waals surface area contributed by atoms with E-state index in [1.807, 2.05) is 13.8 Å². The Morgan fingerprint density at radius 3 is 2.50 bits per heavy atom. The monoisotopic (exact) mass is 253 g/mol. The van der Waals surface area contributed by atoms with E-state index in [9.17, 15) is 9.18 Å². The lowest BCUT2D eigenvalue weighted by atomic mass is 10.2. The third-order valence-corrected chi connectivity index (χ3v) is 2.59. The van der Waals surface area contributed by atoms with Gasteiger partial charge in [0.1, 0.15) is 11.6 Å². The van der Waals surface area contributed by atoms with E-state index in [1.54, 1.807) is 24.1 Å². The lowest BCUT2D eigenvalue weighted by Crippen LogP contribution is -2.31. The van der Waals surface area contributed by atoms with E-state index in [-0.39, 0.29) is 17.6 Å². The van der Waals surface area contributed by atoms with Crippen LogP contribution in [0.5, 0.6) is 5.75 Å². The van der Waals surface area contributed by atoms with Crippen LogP contribution in [0.3, 0.4) is 0 Å². The highest BCUT2D eigenvalue weighted by Crippen LogP contribution is 2.11. The summed E-state index contributed by atoms with van der Waals surface area (Å²) in [5, 5.41) is 0. The number of carbonyl (C=O) groups is 1. The molecule has 4 heteroatoms. The first-order chi connectivity index (χ1) is 8.50. The van der Waals surface area contributed by atoms with Crippen LogP contribution in [0.1, 0.15) is 20.3 Å². The van der Waals surface area contributed by atoms with Crippen LogP contribution < -0.4 is 4.74 Å². The highest BCUT2D eigenvalue weighted by molar-refractivity contribution is 5.77. The first-order valence-corrected chi connectivity index (χ1v) is 6.14. The maximum Gasteiger partial charge on any atom is 0.224 e. The van der Waals surface area contributed by atoms with Crippen LogP contribution in [0, 0.1) is 11.7 Å². The van der Waals surface area contributed by atoms with Crippen molar-refractivity contribution in [3.05, 3.63) is 30.1 Å². The van der Waals surface area contributed by atoms with Gasteiger partial charge in [-0.2, -0.15) is 0 Å². The van der Waals surface area contributed by atoms with Gasteiger partial charge in [-0.05, 0) is 30.7 Å². The van der Waals surface area contributed by atoms with Gasteiger partial charge in [-0.25, -0.2) is 4.39 Å². The van der Waals surface area contributed by atoms with Crippen LogP contribution in [0.4, 0.5) is 4.39 Å². The molecule has 0 saturated carbocycles. The maximum atomic E-state index is 12.6. The fourth-order valence-electron chi connectivity index (χ4n) is 1.57. The molecule has 0 radical (unpaired) electrons. The van der Waals surface area contributed by atoms with Crippen molar-refractivity contribution < 1.29 is 13.9 Å². The second-order valence-electron chi connectivity index (χ2n) is 4.57. The minimum atomic E-state index is -0.274. The Morgan fingerprint density at radius 1 is 1.33 bits per heavy atom. The molecule has 0 bridgehead atoms. The summed E-state index contributed by atoms with van der Waals surface area (Å²) in [4.78, 5) is 13.3. The zero-order chi connectivity index (χ0) is 13.5. The Morgan fingerprint density at radius 2 is 1.94 bits per heavy atom. The SMILES string of the molecule is CC(C)C(=O)N(C)CCCOc1ccc(F)cc1. The molecule has 3 nitrogen and oxygen atoms in total. The van der Waals surface area contributed by atoms with Crippen LogP contribution in [-0.2, 0) is 4.79 Å². The van der Waals surface area contributed by atoms with Gasteiger partial charge in [0.25, 0.3) is 0 Å². The highest BCUT2D eigenvalue weighted by atomic mass is 19.1. The van der Waals surface area contributed by atoms with Crippen molar-refractivity contribution in [3.8, 4) is 5.75 Å². The molecule has 0 fully saturated rings. The van der Waals surface area contributed by atoms with Crippen molar-refractivity contribution in [2.24, 2.45) is 5.92 Å². The molecule has 0 aliphatic carbocycles. The maximum absolute atomic E-state index is 12.6. The second kappa shape index (κ2) is 6.99. The van der Waals surface area contributed by atoms with Gasteiger partial charge in [-0.1, -0.05) is 13.8 Å². The van der Waals surface area contributed by atoms with E-state index in [2.05, 4.69) is 0 Å². The molecule has 0 heterocycles. The minimum Gasteiger partial charge on any atom is -0.494 e. The van der Waals surface area contributed by atoms with Crippen molar-refractivity contribution in [2.45, 2.75) is 20.3 Å². The summed E-state index contributed by atoms with van der Waals surface area (Å²) in [6.07, 6.45) is 0.756. The molecular weight excluding hydrogens is 233 g/mol. The zero-order valence-electron chi connectivity index (χ0n) is 11.1. The number of ether oxygens (including phenoxy) is 1. The molecular formula is C14H20FNO2.